The van der Waals surface area contributed by atoms with E-state index in [1.807, 2.05) is 0 Å². The minimum atomic E-state index is -3.56. The van der Waals surface area contributed by atoms with Crippen molar-refractivity contribution in [1.82, 2.24) is 4.31 Å². The summed E-state index contributed by atoms with van der Waals surface area (Å²) in [5.74, 6) is 0.188. The predicted molar refractivity (Wildman–Crippen MR) is 115 cm³/mol. The number of rotatable bonds is 6. The SMILES string of the molecule is CCN(CC)S(=O)(=O)c1ccc(C(=O)Nc2sc3c(c2C#N)C[C@@H](C)CC3)cc1. The number of thiophene rings is 1. The van der Waals surface area contributed by atoms with Crippen LogP contribution in [0.4, 0.5) is 5.00 Å². The molecule has 2 aromatic rings. The Kier molecular flexibility index (Phi) is 6.42. The molecule has 1 atom stereocenters. The highest BCUT2D eigenvalue weighted by molar-refractivity contribution is 7.89. The van der Waals surface area contributed by atoms with Gasteiger partial charge in [0, 0.05) is 23.5 Å². The third-order valence-electron chi connectivity index (χ3n) is 5.31. The number of anilines is 1. The average molecular weight is 432 g/mol. The van der Waals surface area contributed by atoms with Gasteiger partial charge in [-0.25, -0.2) is 8.42 Å². The molecule has 1 amide bonds. The molecule has 1 aromatic heterocycles. The molecule has 1 heterocycles. The second-order valence-electron chi connectivity index (χ2n) is 7.24. The van der Waals surface area contributed by atoms with Crippen molar-refractivity contribution in [2.45, 2.75) is 44.9 Å². The Labute approximate surface area is 176 Å². The number of hydrogen-bond donors (Lipinski definition) is 1. The van der Waals surface area contributed by atoms with E-state index in [1.165, 1.54) is 44.8 Å². The lowest BCUT2D eigenvalue weighted by molar-refractivity contribution is 0.102. The fraction of sp³-hybridized carbons (Fsp3) is 0.429. The van der Waals surface area contributed by atoms with Crippen LogP contribution in [0.5, 0.6) is 0 Å². The van der Waals surface area contributed by atoms with Crippen molar-refractivity contribution in [3.63, 3.8) is 0 Å². The molecule has 0 bridgehead atoms. The number of nitriles is 1. The van der Waals surface area contributed by atoms with Gasteiger partial charge in [0.2, 0.25) is 10.0 Å². The van der Waals surface area contributed by atoms with Crippen molar-refractivity contribution in [3.05, 3.63) is 45.8 Å². The van der Waals surface area contributed by atoms with Gasteiger partial charge in [-0.05, 0) is 55.0 Å². The summed E-state index contributed by atoms with van der Waals surface area (Å²) < 4.78 is 26.5. The van der Waals surface area contributed by atoms with E-state index in [1.54, 1.807) is 13.8 Å². The van der Waals surface area contributed by atoms with E-state index < -0.39 is 10.0 Å². The molecular weight excluding hydrogens is 406 g/mol. The summed E-state index contributed by atoms with van der Waals surface area (Å²) in [6.45, 7) is 6.53. The van der Waals surface area contributed by atoms with Gasteiger partial charge in [-0.2, -0.15) is 9.57 Å². The van der Waals surface area contributed by atoms with Gasteiger partial charge in [-0.15, -0.1) is 11.3 Å². The Morgan fingerprint density at radius 3 is 2.52 bits per heavy atom. The molecule has 0 aliphatic heterocycles. The normalized spacial score (nSPS) is 16.3. The lowest BCUT2D eigenvalue weighted by atomic mass is 9.88. The third kappa shape index (κ3) is 4.22. The summed E-state index contributed by atoms with van der Waals surface area (Å²) in [5.41, 5.74) is 1.98. The van der Waals surface area contributed by atoms with Crippen LogP contribution in [0.25, 0.3) is 0 Å². The molecule has 29 heavy (non-hydrogen) atoms. The number of benzene rings is 1. The molecule has 8 heteroatoms. The molecule has 0 saturated heterocycles. The van der Waals surface area contributed by atoms with Gasteiger partial charge in [0.25, 0.3) is 5.91 Å². The number of fused-ring (bicyclic) bond motifs is 1. The largest absolute Gasteiger partial charge is 0.312 e. The molecule has 6 nitrogen and oxygen atoms in total. The highest BCUT2D eigenvalue weighted by Gasteiger charge is 2.25. The van der Waals surface area contributed by atoms with Gasteiger partial charge in [-0.1, -0.05) is 20.8 Å². The summed E-state index contributed by atoms with van der Waals surface area (Å²) in [6, 6.07) is 8.17. The number of hydrogen-bond acceptors (Lipinski definition) is 5. The lowest BCUT2D eigenvalue weighted by Gasteiger charge is -2.18. The monoisotopic (exact) mass is 431 g/mol. The molecule has 0 unspecified atom stereocenters. The van der Waals surface area contributed by atoms with Gasteiger partial charge >= 0.3 is 0 Å². The summed E-state index contributed by atoms with van der Waals surface area (Å²) >= 11 is 1.47. The molecule has 154 valence electrons. The van der Waals surface area contributed by atoms with E-state index in [0.717, 1.165) is 24.8 Å². The van der Waals surface area contributed by atoms with E-state index in [0.29, 0.717) is 35.1 Å². The Morgan fingerprint density at radius 1 is 1.28 bits per heavy atom. The van der Waals surface area contributed by atoms with Crippen molar-refractivity contribution < 1.29 is 13.2 Å². The molecular formula is C21H25N3O3S2. The Bertz CT molecular complexity index is 1050. The highest BCUT2D eigenvalue weighted by Crippen LogP contribution is 2.39. The smallest absolute Gasteiger partial charge is 0.256 e. The van der Waals surface area contributed by atoms with Crippen LogP contribution < -0.4 is 5.32 Å². The van der Waals surface area contributed by atoms with Crippen LogP contribution in [0.15, 0.2) is 29.2 Å². The first-order valence-corrected chi connectivity index (χ1v) is 12.0. The topological polar surface area (TPSA) is 90.3 Å². The van der Waals surface area contributed by atoms with Crippen LogP contribution in [-0.4, -0.2) is 31.7 Å². The first-order valence-electron chi connectivity index (χ1n) is 9.78. The molecule has 1 aromatic carbocycles. The maximum Gasteiger partial charge on any atom is 0.256 e. The molecule has 1 aliphatic carbocycles. The van der Waals surface area contributed by atoms with E-state index >= 15 is 0 Å². The maximum absolute atomic E-state index is 12.7. The lowest BCUT2D eigenvalue weighted by Crippen LogP contribution is -2.30. The number of nitrogens with one attached hydrogen (secondary N) is 1. The van der Waals surface area contributed by atoms with Crippen LogP contribution in [-0.2, 0) is 22.9 Å². The zero-order chi connectivity index (χ0) is 21.2. The first kappa shape index (κ1) is 21.5. The molecule has 1 aliphatic rings. The number of sulfonamides is 1. The third-order valence-corrected chi connectivity index (χ3v) is 8.58. The van der Waals surface area contributed by atoms with Crippen LogP contribution in [0.1, 0.15) is 53.6 Å². The van der Waals surface area contributed by atoms with Crippen molar-refractivity contribution in [2.75, 3.05) is 18.4 Å². The Hall–Kier alpha value is -2.21. The predicted octanol–water partition coefficient (Wildman–Crippen LogP) is 4.03. The molecule has 3 rings (SSSR count). The first-order chi connectivity index (χ1) is 13.8. The van der Waals surface area contributed by atoms with Crippen LogP contribution in [0.3, 0.4) is 0 Å². The standard InChI is InChI=1S/C21H25N3O3S2/c1-4-24(5-2)29(26,27)16-9-7-15(8-10-16)20(25)23-21-18(13-22)17-12-14(3)6-11-19(17)28-21/h7-10,14H,4-6,11-12H2,1-3H3,(H,23,25)/t14-/m0/s1. The van der Waals surface area contributed by atoms with E-state index in [4.69, 9.17) is 0 Å². The molecule has 1 N–H and O–H groups in total. The highest BCUT2D eigenvalue weighted by atomic mass is 32.2. The van der Waals surface area contributed by atoms with Crippen LogP contribution in [0.2, 0.25) is 0 Å². The minimum Gasteiger partial charge on any atom is -0.312 e. The van der Waals surface area contributed by atoms with Gasteiger partial charge in [0.15, 0.2) is 0 Å². The number of carbonyl (C=O) groups excluding carboxylic acids is 1. The zero-order valence-electron chi connectivity index (χ0n) is 16.9. The van der Waals surface area contributed by atoms with Gasteiger partial charge in [0.1, 0.15) is 11.1 Å². The summed E-state index contributed by atoms with van der Waals surface area (Å²) in [7, 11) is -3.56. The Balaban J connectivity index is 1.82. The van der Waals surface area contributed by atoms with Gasteiger partial charge in [0.05, 0.1) is 10.5 Å². The number of amides is 1. The van der Waals surface area contributed by atoms with Crippen molar-refractivity contribution in [3.8, 4) is 6.07 Å². The van der Waals surface area contributed by atoms with Gasteiger partial charge < -0.3 is 5.32 Å². The molecule has 0 radical (unpaired) electrons. The zero-order valence-corrected chi connectivity index (χ0v) is 18.5. The van der Waals surface area contributed by atoms with Crippen LogP contribution in [0, 0.1) is 17.2 Å². The fourth-order valence-corrected chi connectivity index (χ4v) is 6.28. The van der Waals surface area contributed by atoms with Crippen molar-refractivity contribution in [2.24, 2.45) is 5.92 Å². The van der Waals surface area contributed by atoms with E-state index in [2.05, 4.69) is 18.3 Å². The Morgan fingerprint density at radius 2 is 1.93 bits per heavy atom. The van der Waals surface area contributed by atoms with Crippen molar-refractivity contribution >= 4 is 32.3 Å². The second-order valence-corrected chi connectivity index (χ2v) is 10.3. The van der Waals surface area contributed by atoms with Gasteiger partial charge in [-0.3, -0.25) is 4.79 Å². The number of aryl methyl sites for hydroxylation is 1. The van der Waals surface area contributed by atoms with E-state index in [9.17, 15) is 18.5 Å². The second kappa shape index (κ2) is 8.66. The minimum absolute atomic E-state index is 0.163. The average Bonchev–Trinajstić information content (AvgIpc) is 3.04. The summed E-state index contributed by atoms with van der Waals surface area (Å²) in [6.07, 6.45) is 2.89. The molecule has 0 saturated carbocycles. The van der Waals surface area contributed by atoms with Crippen LogP contribution >= 0.6 is 11.3 Å². The molecule has 0 fully saturated rings. The maximum atomic E-state index is 12.7. The molecule has 0 spiro atoms. The number of nitrogens with zero attached hydrogens (tertiary/aromatic N) is 2. The summed E-state index contributed by atoms with van der Waals surface area (Å²) in [5, 5.41) is 13.0. The number of carbonyl (C=O) groups is 1. The fourth-order valence-electron chi connectivity index (χ4n) is 3.63. The van der Waals surface area contributed by atoms with E-state index in [-0.39, 0.29) is 10.8 Å². The van der Waals surface area contributed by atoms with Crippen molar-refractivity contribution in [1.29, 1.82) is 5.26 Å². The summed E-state index contributed by atoms with van der Waals surface area (Å²) in [4.78, 5) is 14.0. The quantitative estimate of drug-likeness (QED) is 0.748.